The fraction of sp³-hybridized carbons (Fsp3) is 0. The minimum absolute atomic E-state index is 0.285. The fourth-order valence-electron chi connectivity index (χ4n) is 1.85. The van der Waals surface area contributed by atoms with Gasteiger partial charge in [-0.3, -0.25) is 4.79 Å². The van der Waals surface area contributed by atoms with Crippen molar-refractivity contribution in [3.63, 3.8) is 0 Å². The number of halogens is 2. The Bertz CT molecular complexity index is 895. The number of thiophene rings is 1. The molecule has 1 aromatic carbocycles. The summed E-state index contributed by atoms with van der Waals surface area (Å²) < 4.78 is 1.53. The summed E-state index contributed by atoms with van der Waals surface area (Å²) in [5.41, 5.74) is -0.553. The van der Waals surface area contributed by atoms with Gasteiger partial charge in [-0.15, -0.1) is 11.3 Å². The van der Waals surface area contributed by atoms with Crippen molar-refractivity contribution in [3.8, 4) is 5.00 Å². The van der Waals surface area contributed by atoms with Crippen molar-refractivity contribution in [2.45, 2.75) is 0 Å². The molecule has 19 heavy (non-hydrogen) atoms. The topological polar surface area (TPSA) is 54.9 Å². The van der Waals surface area contributed by atoms with Gasteiger partial charge in [0.2, 0.25) is 0 Å². The summed E-state index contributed by atoms with van der Waals surface area (Å²) in [5.74, 6) is 0. The van der Waals surface area contributed by atoms with Crippen molar-refractivity contribution in [1.82, 2.24) is 9.55 Å². The normalized spacial score (nSPS) is 11.1. The van der Waals surface area contributed by atoms with Crippen LogP contribution in [0.15, 0.2) is 39.9 Å². The molecule has 0 unspecified atom stereocenters. The van der Waals surface area contributed by atoms with Gasteiger partial charge in [-0.1, -0.05) is 29.3 Å². The minimum atomic E-state index is -0.515. The van der Waals surface area contributed by atoms with E-state index in [-0.39, 0.29) is 5.39 Å². The van der Waals surface area contributed by atoms with Gasteiger partial charge in [-0.2, -0.15) is 0 Å². The highest BCUT2D eigenvalue weighted by molar-refractivity contribution is 7.18. The zero-order chi connectivity index (χ0) is 13.6. The molecule has 0 atom stereocenters. The third-order valence-electron chi connectivity index (χ3n) is 2.65. The van der Waals surface area contributed by atoms with Crippen molar-refractivity contribution in [2.24, 2.45) is 0 Å². The Morgan fingerprint density at radius 3 is 2.58 bits per heavy atom. The Labute approximate surface area is 120 Å². The highest BCUT2D eigenvalue weighted by Crippen LogP contribution is 2.24. The molecule has 3 aromatic rings. The van der Waals surface area contributed by atoms with E-state index in [0.717, 1.165) is 15.9 Å². The van der Waals surface area contributed by atoms with Gasteiger partial charge < -0.3 is 4.98 Å². The number of benzene rings is 1. The van der Waals surface area contributed by atoms with E-state index < -0.39 is 11.2 Å². The first-order valence-corrected chi connectivity index (χ1v) is 6.84. The Hall–Kier alpha value is -1.56. The molecule has 7 heteroatoms. The van der Waals surface area contributed by atoms with Crippen molar-refractivity contribution >= 4 is 45.4 Å². The minimum Gasteiger partial charge on any atom is -0.306 e. The second-order valence-electron chi connectivity index (χ2n) is 3.81. The first-order valence-electron chi connectivity index (χ1n) is 5.27. The van der Waals surface area contributed by atoms with Crippen LogP contribution < -0.4 is 11.2 Å². The van der Waals surface area contributed by atoms with Crippen LogP contribution in [0.3, 0.4) is 0 Å². The molecule has 96 valence electrons. The standard InChI is InChI=1S/C12H6Cl2N2O2S/c13-6-2-1-3-7-10(6)11(17)16(12(18)15-7)9-5-4-8(14)19-9/h1-5H,(H,15,18). The second kappa shape index (κ2) is 4.52. The van der Waals surface area contributed by atoms with E-state index >= 15 is 0 Å². The number of nitrogens with zero attached hydrogens (tertiary/aromatic N) is 1. The zero-order valence-electron chi connectivity index (χ0n) is 9.31. The Morgan fingerprint density at radius 2 is 1.89 bits per heavy atom. The Morgan fingerprint density at radius 1 is 1.11 bits per heavy atom. The van der Waals surface area contributed by atoms with Crippen molar-refractivity contribution in [1.29, 1.82) is 0 Å². The second-order valence-corrected chi connectivity index (χ2v) is 5.91. The van der Waals surface area contributed by atoms with Crippen LogP contribution in [-0.2, 0) is 0 Å². The molecule has 2 heterocycles. The molecular weight excluding hydrogens is 307 g/mol. The van der Waals surface area contributed by atoms with E-state index in [9.17, 15) is 9.59 Å². The fourth-order valence-corrected chi connectivity index (χ4v) is 3.13. The van der Waals surface area contributed by atoms with Crippen LogP contribution in [0, 0.1) is 0 Å². The molecule has 3 rings (SSSR count). The van der Waals surface area contributed by atoms with Gasteiger partial charge in [0.1, 0.15) is 5.00 Å². The number of hydrogen-bond donors (Lipinski definition) is 1. The molecular formula is C12H6Cl2N2O2S. The van der Waals surface area contributed by atoms with Crippen LogP contribution >= 0.6 is 34.5 Å². The number of hydrogen-bond acceptors (Lipinski definition) is 3. The summed E-state index contributed by atoms with van der Waals surface area (Å²) in [6.07, 6.45) is 0. The van der Waals surface area contributed by atoms with Crippen molar-refractivity contribution in [3.05, 3.63) is 60.5 Å². The van der Waals surface area contributed by atoms with Gasteiger partial charge >= 0.3 is 5.69 Å². The number of H-pyrrole nitrogens is 1. The molecule has 0 bridgehead atoms. The number of fused-ring (bicyclic) bond motifs is 1. The first-order chi connectivity index (χ1) is 9.08. The molecule has 2 aromatic heterocycles. The predicted molar refractivity (Wildman–Crippen MR) is 78.1 cm³/mol. The van der Waals surface area contributed by atoms with Gasteiger partial charge in [0, 0.05) is 0 Å². The van der Waals surface area contributed by atoms with Crippen LogP contribution in [0.2, 0.25) is 9.36 Å². The van der Waals surface area contributed by atoms with Crippen LogP contribution in [0.4, 0.5) is 0 Å². The Kier molecular flexibility index (Phi) is 2.97. The summed E-state index contributed by atoms with van der Waals surface area (Å²) >= 11 is 13.0. The number of nitrogens with one attached hydrogen (secondary N) is 1. The summed E-state index contributed by atoms with van der Waals surface area (Å²) in [5, 5.41) is 1.04. The summed E-state index contributed by atoms with van der Waals surface area (Å²) in [7, 11) is 0. The van der Waals surface area contributed by atoms with Crippen molar-refractivity contribution in [2.75, 3.05) is 0 Å². The molecule has 0 aliphatic heterocycles. The van der Waals surface area contributed by atoms with E-state index in [2.05, 4.69) is 4.98 Å². The number of rotatable bonds is 1. The lowest BCUT2D eigenvalue weighted by Crippen LogP contribution is -2.33. The first kappa shape index (κ1) is 12.5. The average molecular weight is 313 g/mol. The zero-order valence-corrected chi connectivity index (χ0v) is 11.6. The van der Waals surface area contributed by atoms with Gasteiger partial charge in [-0.05, 0) is 24.3 Å². The van der Waals surface area contributed by atoms with Crippen LogP contribution in [0.5, 0.6) is 0 Å². The molecule has 0 spiro atoms. The SMILES string of the molecule is O=c1[nH]c2cccc(Cl)c2c(=O)n1-c1ccc(Cl)s1. The van der Waals surface area contributed by atoms with Crippen LogP contribution in [-0.4, -0.2) is 9.55 Å². The lowest BCUT2D eigenvalue weighted by molar-refractivity contribution is 0.917. The van der Waals surface area contributed by atoms with Crippen molar-refractivity contribution < 1.29 is 0 Å². The molecule has 0 aliphatic rings. The summed E-state index contributed by atoms with van der Waals surface area (Å²) in [6.45, 7) is 0. The third kappa shape index (κ3) is 2.00. The maximum absolute atomic E-state index is 12.4. The lowest BCUT2D eigenvalue weighted by atomic mass is 10.2. The van der Waals surface area contributed by atoms with E-state index in [1.165, 1.54) is 0 Å². The maximum atomic E-state index is 12.4. The highest BCUT2D eigenvalue weighted by Gasteiger charge is 2.13. The molecule has 0 amide bonds. The average Bonchev–Trinajstić information content (AvgIpc) is 2.75. The van der Waals surface area contributed by atoms with E-state index in [0.29, 0.717) is 19.9 Å². The molecule has 0 fully saturated rings. The smallest absolute Gasteiger partial charge is 0.306 e. The highest BCUT2D eigenvalue weighted by atomic mass is 35.5. The number of aromatic amines is 1. The van der Waals surface area contributed by atoms with Crippen LogP contribution in [0.1, 0.15) is 0 Å². The lowest BCUT2D eigenvalue weighted by Gasteiger charge is -2.04. The van der Waals surface area contributed by atoms with E-state index in [4.69, 9.17) is 23.2 Å². The third-order valence-corrected chi connectivity index (χ3v) is 4.19. The maximum Gasteiger partial charge on any atom is 0.334 e. The van der Waals surface area contributed by atoms with Gasteiger partial charge in [-0.25, -0.2) is 9.36 Å². The quantitative estimate of drug-likeness (QED) is 0.751. The summed E-state index contributed by atoms with van der Waals surface area (Å²) in [4.78, 5) is 27.0. The van der Waals surface area contributed by atoms with Gasteiger partial charge in [0.05, 0.1) is 20.3 Å². The number of aromatic nitrogens is 2. The Balaban J connectivity index is 2.47. The van der Waals surface area contributed by atoms with Gasteiger partial charge in [0.25, 0.3) is 5.56 Å². The van der Waals surface area contributed by atoms with Crippen LogP contribution in [0.25, 0.3) is 15.9 Å². The predicted octanol–water partition coefficient (Wildman–Crippen LogP) is 3.05. The summed E-state index contributed by atoms with van der Waals surface area (Å²) in [6, 6.07) is 8.16. The van der Waals surface area contributed by atoms with E-state index in [1.54, 1.807) is 30.3 Å². The molecule has 0 aliphatic carbocycles. The largest absolute Gasteiger partial charge is 0.334 e. The van der Waals surface area contributed by atoms with Gasteiger partial charge in [0.15, 0.2) is 0 Å². The molecule has 4 nitrogen and oxygen atoms in total. The van der Waals surface area contributed by atoms with E-state index in [1.807, 2.05) is 0 Å². The molecule has 1 N–H and O–H groups in total. The molecule has 0 saturated heterocycles. The monoisotopic (exact) mass is 312 g/mol. The molecule has 0 saturated carbocycles. The molecule has 0 radical (unpaired) electrons.